The third kappa shape index (κ3) is 2.45. The average Bonchev–Trinajstić information content (AvgIpc) is 2.87. The first-order valence-corrected chi connectivity index (χ1v) is 7.07. The molecule has 20 heavy (non-hydrogen) atoms. The lowest BCUT2D eigenvalue weighted by Crippen LogP contribution is -2.46. The topological polar surface area (TPSA) is 21.7 Å². The molecule has 0 aliphatic carbocycles. The molecule has 0 aromatic heterocycles. The van der Waals surface area contributed by atoms with Crippen molar-refractivity contribution in [3.05, 3.63) is 35.4 Å². The predicted octanol–water partition coefficient (Wildman–Crippen LogP) is 2.86. The van der Waals surface area contributed by atoms with Crippen LogP contribution in [0.4, 0.5) is 8.78 Å². The van der Waals surface area contributed by atoms with Crippen molar-refractivity contribution < 1.29 is 18.3 Å². The summed E-state index contributed by atoms with van der Waals surface area (Å²) in [6, 6.07) is 3.73. The molecule has 0 unspecified atom stereocenters. The summed E-state index contributed by atoms with van der Waals surface area (Å²) in [5.41, 5.74) is 0.150. The highest BCUT2D eigenvalue weighted by atomic mass is 19.1. The Bertz CT molecular complexity index is 459. The van der Waals surface area contributed by atoms with Gasteiger partial charge >= 0.3 is 0 Å². The Morgan fingerprint density at radius 2 is 1.65 bits per heavy atom. The van der Waals surface area contributed by atoms with E-state index in [0.29, 0.717) is 13.2 Å². The molecule has 1 spiro atoms. The first-order chi connectivity index (χ1) is 9.61. The van der Waals surface area contributed by atoms with Crippen LogP contribution in [0.2, 0.25) is 0 Å². The number of hydrogen-bond donors (Lipinski definition) is 0. The number of hydrogen-bond acceptors (Lipinski definition) is 3. The summed E-state index contributed by atoms with van der Waals surface area (Å²) in [5, 5.41) is 0. The Morgan fingerprint density at radius 3 is 2.20 bits per heavy atom. The highest BCUT2D eigenvalue weighted by Gasteiger charge is 2.41. The SMILES string of the molecule is C[C@@H](c1c(F)cccc1F)N1CCC2(CC1)OCCO2. The van der Waals surface area contributed by atoms with E-state index in [4.69, 9.17) is 9.47 Å². The summed E-state index contributed by atoms with van der Waals surface area (Å²) in [5.74, 6) is -1.42. The predicted molar refractivity (Wildman–Crippen MR) is 70.2 cm³/mol. The van der Waals surface area contributed by atoms with Crippen LogP contribution < -0.4 is 0 Å². The van der Waals surface area contributed by atoms with Gasteiger partial charge in [0.25, 0.3) is 0 Å². The quantitative estimate of drug-likeness (QED) is 0.833. The number of halogens is 2. The van der Waals surface area contributed by atoms with Crippen molar-refractivity contribution in [2.24, 2.45) is 0 Å². The molecule has 0 amide bonds. The molecule has 0 N–H and O–H groups in total. The highest BCUT2D eigenvalue weighted by Crippen LogP contribution is 2.35. The van der Waals surface area contributed by atoms with Crippen molar-refractivity contribution in [1.29, 1.82) is 0 Å². The van der Waals surface area contributed by atoms with Gasteiger partial charge < -0.3 is 9.47 Å². The maximum Gasteiger partial charge on any atom is 0.170 e. The monoisotopic (exact) mass is 283 g/mol. The molecule has 2 aliphatic heterocycles. The van der Waals surface area contributed by atoms with Gasteiger partial charge in [0, 0.05) is 37.5 Å². The van der Waals surface area contributed by atoms with Gasteiger partial charge in [-0.3, -0.25) is 4.90 Å². The van der Waals surface area contributed by atoms with Crippen LogP contribution in [-0.2, 0) is 9.47 Å². The van der Waals surface area contributed by atoms with Gasteiger partial charge in [-0.1, -0.05) is 6.07 Å². The zero-order chi connectivity index (χ0) is 14.2. The van der Waals surface area contributed by atoms with Crippen molar-refractivity contribution >= 4 is 0 Å². The van der Waals surface area contributed by atoms with E-state index >= 15 is 0 Å². The summed E-state index contributed by atoms with van der Waals surface area (Å²) in [6.45, 7) is 4.55. The fourth-order valence-corrected chi connectivity index (χ4v) is 3.13. The molecule has 2 aliphatic rings. The van der Waals surface area contributed by atoms with Crippen LogP contribution >= 0.6 is 0 Å². The van der Waals surface area contributed by atoms with Crippen LogP contribution in [0.3, 0.4) is 0 Å². The van der Waals surface area contributed by atoms with Crippen molar-refractivity contribution in [3.63, 3.8) is 0 Å². The maximum absolute atomic E-state index is 13.8. The lowest BCUT2D eigenvalue weighted by molar-refractivity contribution is -0.187. The van der Waals surface area contributed by atoms with E-state index in [0.717, 1.165) is 25.9 Å². The molecule has 1 aromatic carbocycles. The first kappa shape index (κ1) is 13.9. The summed E-state index contributed by atoms with van der Waals surface area (Å²) in [6.07, 6.45) is 1.49. The van der Waals surface area contributed by atoms with E-state index in [1.165, 1.54) is 18.2 Å². The summed E-state index contributed by atoms with van der Waals surface area (Å²) in [4.78, 5) is 2.08. The van der Waals surface area contributed by atoms with Crippen molar-refractivity contribution in [2.45, 2.75) is 31.6 Å². The molecule has 3 rings (SSSR count). The highest BCUT2D eigenvalue weighted by molar-refractivity contribution is 5.23. The number of ether oxygens (including phenoxy) is 2. The largest absolute Gasteiger partial charge is 0.347 e. The van der Waals surface area contributed by atoms with Crippen molar-refractivity contribution in [1.82, 2.24) is 4.90 Å². The molecule has 2 saturated heterocycles. The smallest absolute Gasteiger partial charge is 0.170 e. The molecular formula is C15H19F2NO2. The van der Waals surface area contributed by atoms with Gasteiger partial charge in [-0.25, -0.2) is 8.78 Å². The second-order valence-corrected chi connectivity index (χ2v) is 5.45. The van der Waals surface area contributed by atoms with Crippen LogP contribution in [0, 0.1) is 11.6 Å². The number of likely N-dealkylation sites (tertiary alicyclic amines) is 1. The number of piperidine rings is 1. The van der Waals surface area contributed by atoms with Gasteiger partial charge in [-0.15, -0.1) is 0 Å². The Morgan fingerprint density at radius 1 is 1.10 bits per heavy atom. The van der Waals surface area contributed by atoms with Crippen LogP contribution in [-0.4, -0.2) is 37.0 Å². The first-order valence-electron chi connectivity index (χ1n) is 7.07. The van der Waals surface area contributed by atoms with E-state index in [-0.39, 0.29) is 11.6 Å². The minimum Gasteiger partial charge on any atom is -0.347 e. The molecule has 1 aromatic rings. The fourth-order valence-electron chi connectivity index (χ4n) is 3.13. The van der Waals surface area contributed by atoms with E-state index in [1.54, 1.807) is 0 Å². The van der Waals surface area contributed by atoms with Crippen LogP contribution in [0.15, 0.2) is 18.2 Å². The standard InChI is InChI=1S/C15H19F2NO2/c1-11(14-12(16)3-2-4-13(14)17)18-7-5-15(6-8-18)19-9-10-20-15/h2-4,11H,5-10H2,1H3/t11-/m0/s1. The summed E-state index contributed by atoms with van der Waals surface area (Å²) < 4.78 is 39.0. The average molecular weight is 283 g/mol. The maximum atomic E-state index is 13.8. The third-order valence-corrected chi connectivity index (χ3v) is 4.34. The Kier molecular flexibility index (Phi) is 3.75. The van der Waals surface area contributed by atoms with Crippen molar-refractivity contribution in [2.75, 3.05) is 26.3 Å². The lowest BCUT2D eigenvalue weighted by atomic mass is 9.98. The second kappa shape index (κ2) is 5.39. The molecule has 0 bridgehead atoms. The van der Waals surface area contributed by atoms with Gasteiger partial charge in [0.1, 0.15) is 11.6 Å². The van der Waals surface area contributed by atoms with Crippen molar-refractivity contribution in [3.8, 4) is 0 Å². The number of nitrogens with zero attached hydrogens (tertiary/aromatic N) is 1. The fraction of sp³-hybridized carbons (Fsp3) is 0.600. The van der Waals surface area contributed by atoms with E-state index < -0.39 is 17.4 Å². The van der Waals surface area contributed by atoms with Crippen LogP contribution in [0.25, 0.3) is 0 Å². The van der Waals surface area contributed by atoms with Gasteiger partial charge in [-0.05, 0) is 19.1 Å². The van der Waals surface area contributed by atoms with E-state index in [1.807, 2.05) is 6.92 Å². The normalized spacial score (nSPS) is 24.1. The zero-order valence-corrected chi connectivity index (χ0v) is 11.6. The number of benzene rings is 1. The minimum absolute atomic E-state index is 0.150. The molecule has 2 fully saturated rings. The third-order valence-electron chi connectivity index (χ3n) is 4.34. The van der Waals surface area contributed by atoms with Gasteiger partial charge in [-0.2, -0.15) is 0 Å². The van der Waals surface area contributed by atoms with Crippen LogP contribution in [0.1, 0.15) is 31.4 Å². The summed E-state index contributed by atoms with van der Waals surface area (Å²) in [7, 11) is 0. The molecule has 2 heterocycles. The van der Waals surface area contributed by atoms with E-state index in [2.05, 4.69) is 4.90 Å². The Balaban J connectivity index is 1.71. The van der Waals surface area contributed by atoms with Gasteiger partial charge in [0.05, 0.1) is 13.2 Å². The second-order valence-electron chi connectivity index (χ2n) is 5.45. The van der Waals surface area contributed by atoms with E-state index in [9.17, 15) is 8.78 Å². The number of rotatable bonds is 2. The molecule has 5 heteroatoms. The van der Waals surface area contributed by atoms with Gasteiger partial charge in [0.15, 0.2) is 5.79 Å². The Labute approximate surface area is 117 Å². The van der Waals surface area contributed by atoms with Crippen LogP contribution in [0.5, 0.6) is 0 Å². The molecule has 3 nitrogen and oxygen atoms in total. The summed E-state index contributed by atoms with van der Waals surface area (Å²) >= 11 is 0. The lowest BCUT2D eigenvalue weighted by Gasteiger charge is -2.40. The molecule has 0 radical (unpaired) electrons. The molecule has 0 saturated carbocycles. The molecule has 1 atom stereocenters. The minimum atomic E-state index is -0.480. The zero-order valence-electron chi connectivity index (χ0n) is 11.6. The molecular weight excluding hydrogens is 264 g/mol. The van der Waals surface area contributed by atoms with Gasteiger partial charge in [0.2, 0.25) is 0 Å². The Hall–Kier alpha value is -1.04. The molecule has 110 valence electrons.